The van der Waals surface area contributed by atoms with Crippen molar-refractivity contribution in [2.45, 2.75) is 20.8 Å². The Balaban J connectivity index is 0. The first-order chi connectivity index (χ1) is 7.49. The zero-order valence-corrected chi connectivity index (χ0v) is 11.0. The first kappa shape index (κ1) is 17.0. The number of nitrogens with one attached hydrogen (secondary N) is 1. The second-order valence-electron chi connectivity index (χ2n) is 2.97. The Morgan fingerprint density at radius 1 is 1.44 bits per heavy atom. The maximum absolute atomic E-state index is 11.3. The predicted molar refractivity (Wildman–Crippen MR) is 70.5 cm³/mol. The highest BCUT2D eigenvalue weighted by molar-refractivity contribution is 5.88. The minimum atomic E-state index is -0.0503. The van der Waals surface area contributed by atoms with Crippen molar-refractivity contribution >= 4 is 12.1 Å². The van der Waals surface area contributed by atoms with Gasteiger partial charge in [-0.3, -0.25) is 9.79 Å². The number of carbonyl (C=O) groups excluding carboxylic acids is 1. The maximum Gasteiger partial charge on any atom is 0.240 e. The molecule has 0 saturated carbocycles. The minimum absolute atomic E-state index is 0.0503. The van der Waals surface area contributed by atoms with E-state index in [1.165, 1.54) is 11.1 Å². The second-order valence-corrected chi connectivity index (χ2v) is 2.97. The summed E-state index contributed by atoms with van der Waals surface area (Å²) in [5, 5.41) is 2.77. The van der Waals surface area contributed by atoms with Crippen molar-refractivity contribution in [3.63, 3.8) is 0 Å². The van der Waals surface area contributed by atoms with E-state index in [9.17, 15) is 4.79 Å². The van der Waals surface area contributed by atoms with Crippen molar-refractivity contribution in [3.05, 3.63) is 24.6 Å². The number of carbonyl (C=O) groups is 1. The number of nitrogens with zero attached hydrogens (tertiary/aromatic N) is 2. The zero-order valence-electron chi connectivity index (χ0n) is 11.0. The first-order valence-electron chi connectivity index (χ1n) is 5.28. The molecular weight excluding hydrogens is 202 g/mol. The number of hydrogen-bond acceptors (Lipinski definition) is 3. The van der Waals surface area contributed by atoms with Crippen molar-refractivity contribution < 1.29 is 4.79 Å². The Morgan fingerprint density at radius 3 is 2.31 bits per heavy atom. The molecular formula is C12H23N3O. The summed E-state index contributed by atoms with van der Waals surface area (Å²) in [6, 6.07) is 0. The van der Waals surface area contributed by atoms with Gasteiger partial charge in [-0.15, -0.1) is 0 Å². The van der Waals surface area contributed by atoms with Gasteiger partial charge in [0.2, 0.25) is 5.91 Å². The molecule has 0 bridgehead atoms. The summed E-state index contributed by atoms with van der Waals surface area (Å²) in [5.41, 5.74) is 1.23. The fourth-order valence-electron chi connectivity index (χ4n) is 0.701. The van der Waals surface area contributed by atoms with E-state index in [2.05, 4.69) is 23.5 Å². The number of rotatable bonds is 5. The Bertz CT molecular complexity index is 269. The normalized spacial score (nSPS) is 9.31. The third kappa shape index (κ3) is 7.94. The van der Waals surface area contributed by atoms with E-state index in [1.54, 1.807) is 21.0 Å². The number of likely N-dealkylation sites (N-methyl/N-ethyl adjacent to an activating group) is 2. The molecule has 1 N–H and O–H groups in total. The SMILES string of the molecule is C=C(C)N=CC(=C)N(C)C(=O)CNC.CC. The highest BCUT2D eigenvalue weighted by atomic mass is 16.2. The summed E-state index contributed by atoms with van der Waals surface area (Å²) >= 11 is 0. The van der Waals surface area contributed by atoms with E-state index in [0.29, 0.717) is 11.4 Å². The minimum Gasteiger partial charge on any atom is -0.313 e. The van der Waals surface area contributed by atoms with Crippen LogP contribution in [0.25, 0.3) is 0 Å². The van der Waals surface area contributed by atoms with Crippen LogP contribution in [0, 0.1) is 0 Å². The Labute approximate surface area is 98.7 Å². The van der Waals surface area contributed by atoms with Crippen LogP contribution in [0.2, 0.25) is 0 Å². The summed E-state index contributed by atoms with van der Waals surface area (Å²) in [5.74, 6) is -0.0503. The average Bonchev–Trinajstić information content (AvgIpc) is 2.27. The molecule has 0 spiro atoms. The lowest BCUT2D eigenvalue weighted by Gasteiger charge is -2.16. The van der Waals surface area contributed by atoms with Crippen molar-refractivity contribution in [3.8, 4) is 0 Å². The van der Waals surface area contributed by atoms with Crippen LogP contribution < -0.4 is 5.32 Å². The molecule has 0 aliphatic heterocycles. The highest BCUT2D eigenvalue weighted by Gasteiger charge is 2.08. The lowest BCUT2D eigenvalue weighted by Crippen LogP contribution is -2.33. The van der Waals surface area contributed by atoms with Gasteiger partial charge in [0.1, 0.15) is 0 Å². The lowest BCUT2D eigenvalue weighted by atomic mass is 10.4. The quantitative estimate of drug-likeness (QED) is 0.725. The van der Waals surface area contributed by atoms with Crippen LogP contribution in [-0.4, -0.2) is 37.7 Å². The standard InChI is InChI=1S/C10H17N3O.C2H6/c1-8(2)12-6-9(3)13(5)10(14)7-11-4;1-2/h6,11H,1,3,7H2,2,4-5H3;1-2H3. The van der Waals surface area contributed by atoms with E-state index in [4.69, 9.17) is 0 Å². The molecule has 0 unspecified atom stereocenters. The molecule has 1 amide bonds. The molecule has 4 heteroatoms. The van der Waals surface area contributed by atoms with Crippen molar-refractivity contribution in [2.75, 3.05) is 20.6 Å². The molecule has 0 atom stereocenters. The number of hydrogen-bond donors (Lipinski definition) is 1. The average molecular weight is 225 g/mol. The number of aliphatic imine (C=N–C) groups is 1. The van der Waals surface area contributed by atoms with Gasteiger partial charge in [0.25, 0.3) is 0 Å². The van der Waals surface area contributed by atoms with Gasteiger partial charge in [0, 0.05) is 12.7 Å². The summed E-state index contributed by atoms with van der Waals surface area (Å²) in [6.07, 6.45) is 1.52. The molecule has 4 nitrogen and oxygen atoms in total. The van der Waals surface area contributed by atoms with Gasteiger partial charge in [-0.1, -0.05) is 27.0 Å². The number of allylic oxidation sites excluding steroid dienone is 2. The molecule has 92 valence electrons. The number of amides is 1. The Kier molecular flexibility index (Phi) is 10.7. The fourth-order valence-corrected chi connectivity index (χ4v) is 0.701. The summed E-state index contributed by atoms with van der Waals surface area (Å²) in [7, 11) is 3.38. The molecule has 16 heavy (non-hydrogen) atoms. The molecule has 0 saturated heterocycles. The molecule has 0 aromatic heterocycles. The van der Waals surface area contributed by atoms with Crippen molar-refractivity contribution in [2.24, 2.45) is 4.99 Å². The summed E-state index contributed by atoms with van der Waals surface area (Å²) < 4.78 is 0. The molecule has 0 aliphatic rings. The first-order valence-corrected chi connectivity index (χ1v) is 5.28. The molecule has 0 heterocycles. The van der Waals surface area contributed by atoms with Crippen LogP contribution in [0.4, 0.5) is 0 Å². The van der Waals surface area contributed by atoms with Crippen LogP contribution in [-0.2, 0) is 4.79 Å². The topological polar surface area (TPSA) is 44.7 Å². The smallest absolute Gasteiger partial charge is 0.240 e. The monoisotopic (exact) mass is 225 g/mol. The maximum atomic E-state index is 11.3. The van der Waals surface area contributed by atoms with E-state index in [1.807, 2.05) is 13.8 Å². The third-order valence-electron chi connectivity index (χ3n) is 1.57. The fraction of sp³-hybridized carbons (Fsp3) is 0.500. The van der Waals surface area contributed by atoms with Gasteiger partial charge < -0.3 is 10.2 Å². The van der Waals surface area contributed by atoms with Gasteiger partial charge in [-0.2, -0.15) is 0 Å². The molecule has 0 aromatic rings. The van der Waals surface area contributed by atoms with Crippen LogP contribution in [0.15, 0.2) is 29.5 Å². The van der Waals surface area contributed by atoms with Crippen LogP contribution in [0.1, 0.15) is 20.8 Å². The molecule has 0 fully saturated rings. The molecule has 0 aromatic carbocycles. The lowest BCUT2D eigenvalue weighted by molar-refractivity contribution is -0.126. The van der Waals surface area contributed by atoms with E-state index in [0.717, 1.165) is 0 Å². The molecule has 0 rings (SSSR count). The zero-order chi connectivity index (χ0) is 13.1. The Morgan fingerprint density at radius 2 is 1.94 bits per heavy atom. The second kappa shape index (κ2) is 10.1. The van der Waals surface area contributed by atoms with Crippen LogP contribution >= 0.6 is 0 Å². The predicted octanol–water partition coefficient (Wildman–Crippen LogP) is 1.81. The van der Waals surface area contributed by atoms with E-state index < -0.39 is 0 Å². The van der Waals surface area contributed by atoms with Gasteiger partial charge in [0.05, 0.1) is 18.5 Å². The van der Waals surface area contributed by atoms with E-state index >= 15 is 0 Å². The highest BCUT2D eigenvalue weighted by Crippen LogP contribution is 1.97. The summed E-state index contributed by atoms with van der Waals surface area (Å²) in [4.78, 5) is 16.7. The van der Waals surface area contributed by atoms with E-state index in [-0.39, 0.29) is 12.5 Å². The largest absolute Gasteiger partial charge is 0.313 e. The van der Waals surface area contributed by atoms with Crippen molar-refractivity contribution in [1.82, 2.24) is 10.2 Å². The summed E-state index contributed by atoms with van der Waals surface area (Å²) in [6.45, 7) is 13.4. The third-order valence-corrected chi connectivity index (χ3v) is 1.57. The van der Waals surface area contributed by atoms with Crippen molar-refractivity contribution in [1.29, 1.82) is 0 Å². The van der Waals surface area contributed by atoms with Gasteiger partial charge in [0.15, 0.2) is 0 Å². The Hall–Kier alpha value is -1.42. The van der Waals surface area contributed by atoms with Gasteiger partial charge in [-0.05, 0) is 14.0 Å². The molecule has 0 aliphatic carbocycles. The molecule has 0 radical (unpaired) electrons. The van der Waals surface area contributed by atoms with Gasteiger partial charge >= 0.3 is 0 Å². The van der Waals surface area contributed by atoms with Gasteiger partial charge in [-0.25, -0.2) is 0 Å². The van der Waals surface area contributed by atoms with Crippen LogP contribution in [0.3, 0.4) is 0 Å². The van der Waals surface area contributed by atoms with Crippen LogP contribution in [0.5, 0.6) is 0 Å².